The number of nitrogens with one attached hydrogen (secondary N) is 2. The number of benzene rings is 1. The molecule has 0 aliphatic carbocycles. The summed E-state index contributed by atoms with van der Waals surface area (Å²) in [5.74, 6) is 0.324. The van der Waals surface area contributed by atoms with E-state index in [1.54, 1.807) is 0 Å². The topological polar surface area (TPSA) is 40.5 Å². The van der Waals surface area contributed by atoms with Gasteiger partial charge >= 0.3 is 0 Å². The Kier molecular flexibility index (Phi) is 3.85. The molecule has 1 fully saturated rings. The maximum atomic E-state index is 12.8. The van der Waals surface area contributed by atoms with Gasteiger partial charge in [-0.3, -0.25) is 4.79 Å². The molecule has 0 radical (unpaired) electrons. The number of carbonyl (C=O) groups is 1. The van der Waals surface area contributed by atoms with Crippen molar-refractivity contribution in [3.63, 3.8) is 0 Å². The van der Waals surface area contributed by atoms with Crippen molar-refractivity contribution in [2.45, 2.75) is 45.2 Å². The monoisotopic (exact) mass is 312 g/mol. The number of aromatic nitrogens is 1. The summed E-state index contributed by atoms with van der Waals surface area (Å²) < 4.78 is 0. The molecule has 2 atom stereocenters. The van der Waals surface area contributed by atoms with Crippen molar-refractivity contribution in [1.82, 2.24) is 9.88 Å². The van der Waals surface area contributed by atoms with Crippen LogP contribution in [0.4, 0.5) is 0 Å². The Morgan fingerprint density at radius 2 is 2.22 bits per heavy atom. The van der Waals surface area contributed by atoms with Crippen LogP contribution >= 0.6 is 0 Å². The first-order valence-corrected chi connectivity index (χ1v) is 8.93. The van der Waals surface area contributed by atoms with Gasteiger partial charge in [0.15, 0.2) is 6.54 Å². The molecular weight excluding hydrogens is 286 g/mol. The zero-order valence-electron chi connectivity index (χ0n) is 13.9. The van der Waals surface area contributed by atoms with Crippen molar-refractivity contribution in [1.29, 1.82) is 0 Å². The van der Waals surface area contributed by atoms with Gasteiger partial charge in [0.1, 0.15) is 0 Å². The van der Waals surface area contributed by atoms with Gasteiger partial charge in [0, 0.05) is 41.7 Å². The number of fused-ring (bicyclic) bond motifs is 3. The van der Waals surface area contributed by atoms with Crippen LogP contribution in [0.2, 0.25) is 0 Å². The summed E-state index contributed by atoms with van der Waals surface area (Å²) in [7, 11) is 0. The van der Waals surface area contributed by atoms with Crippen molar-refractivity contribution < 1.29 is 9.69 Å². The summed E-state index contributed by atoms with van der Waals surface area (Å²) in [6, 6.07) is 9.06. The zero-order valence-corrected chi connectivity index (χ0v) is 13.9. The van der Waals surface area contributed by atoms with E-state index in [2.05, 4.69) is 41.1 Å². The van der Waals surface area contributed by atoms with Gasteiger partial charge in [-0.25, -0.2) is 0 Å². The number of aromatic amines is 1. The van der Waals surface area contributed by atoms with Gasteiger partial charge in [0.2, 0.25) is 0 Å². The second-order valence-electron chi connectivity index (χ2n) is 7.17. The van der Waals surface area contributed by atoms with Crippen LogP contribution in [0, 0.1) is 0 Å². The summed E-state index contributed by atoms with van der Waals surface area (Å²) >= 11 is 0. The average molecular weight is 312 g/mol. The van der Waals surface area contributed by atoms with Crippen molar-refractivity contribution in [2.75, 3.05) is 19.6 Å². The van der Waals surface area contributed by atoms with Gasteiger partial charge < -0.3 is 14.8 Å². The molecule has 1 amide bonds. The van der Waals surface area contributed by atoms with E-state index in [4.69, 9.17) is 0 Å². The van der Waals surface area contributed by atoms with Crippen LogP contribution < -0.4 is 4.90 Å². The second-order valence-corrected chi connectivity index (χ2v) is 7.17. The van der Waals surface area contributed by atoms with E-state index >= 15 is 0 Å². The lowest BCUT2D eigenvalue weighted by Crippen LogP contribution is -3.17. The second kappa shape index (κ2) is 6.00. The lowest BCUT2D eigenvalue weighted by Gasteiger charge is -2.33. The fourth-order valence-electron chi connectivity index (χ4n) is 4.20. The van der Waals surface area contributed by atoms with E-state index in [0.29, 0.717) is 18.5 Å². The van der Waals surface area contributed by atoms with Crippen LogP contribution in [-0.4, -0.2) is 41.5 Å². The van der Waals surface area contributed by atoms with Crippen molar-refractivity contribution in [3.8, 4) is 0 Å². The number of para-hydroxylation sites is 1. The van der Waals surface area contributed by atoms with Crippen LogP contribution in [0.25, 0.3) is 10.9 Å². The predicted molar refractivity (Wildman–Crippen MR) is 91.4 cm³/mol. The highest BCUT2D eigenvalue weighted by molar-refractivity contribution is 5.86. The molecule has 4 rings (SSSR count). The predicted octanol–water partition coefficient (Wildman–Crippen LogP) is 1.51. The van der Waals surface area contributed by atoms with Crippen molar-refractivity contribution >= 4 is 16.8 Å². The molecule has 122 valence electrons. The largest absolute Gasteiger partial charge is 0.358 e. The van der Waals surface area contributed by atoms with Gasteiger partial charge in [-0.2, -0.15) is 0 Å². The molecule has 4 heteroatoms. The Balaban J connectivity index is 1.50. The molecule has 1 aromatic heterocycles. The number of piperidine rings is 1. The highest BCUT2D eigenvalue weighted by Crippen LogP contribution is 2.27. The lowest BCUT2D eigenvalue weighted by atomic mass is 10.0. The number of quaternary nitrogens is 1. The van der Waals surface area contributed by atoms with Gasteiger partial charge in [-0.05, 0) is 32.3 Å². The molecule has 1 unspecified atom stereocenters. The lowest BCUT2D eigenvalue weighted by molar-refractivity contribution is -0.921. The molecule has 0 spiro atoms. The van der Waals surface area contributed by atoms with E-state index in [1.807, 2.05) is 0 Å². The maximum absolute atomic E-state index is 12.8. The van der Waals surface area contributed by atoms with Gasteiger partial charge in [0.05, 0.1) is 12.6 Å². The number of H-pyrrole nitrogens is 1. The fraction of sp³-hybridized carbons (Fsp3) is 0.526. The third-order valence-corrected chi connectivity index (χ3v) is 5.70. The number of rotatable bonds is 2. The highest BCUT2D eigenvalue weighted by atomic mass is 16.2. The fourth-order valence-corrected chi connectivity index (χ4v) is 4.20. The average Bonchev–Trinajstić information content (AvgIpc) is 2.94. The van der Waals surface area contributed by atoms with Gasteiger partial charge in [-0.15, -0.1) is 0 Å². The summed E-state index contributed by atoms with van der Waals surface area (Å²) in [6.07, 6.45) is 4.79. The Bertz CT molecular complexity index is 720. The summed E-state index contributed by atoms with van der Waals surface area (Å²) in [6.45, 7) is 5.72. The minimum atomic E-state index is 0.324. The molecule has 23 heavy (non-hydrogen) atoms. The molecular formula is C19H26N3O+. The van der Waals surface area contributed by atoms with E-state index in [1.165, 1.54) is 46.3 Å². The molecule has 1 saturated heterocycles. The Morgan fingerprint density at radius 1 is 1.35 bits per heavy atom. The molecule has 1 aromatic carbocycles. The molecule has 0 bridgehead atoms. The minimum Gasteiger partial charge on any atom is -0.358 e. The summed E-state index contributed by atoms with van der Waals surface area (Å²) in [5.41, 5.74) is 3.83. The summed E-state index contributed by atoms with van der Waals surface area (Å²) in [5, 5.41) is 1.28. The quantitative estimate of drug-likeness (QED) is 0.867. The smallest absolute Gasteiger partial charge is 0.278 e. The standard InChI is InChI=1S/C19H25N3O/c1-14-6-4-5-10-21(14)13-19(23)22-11-9-18-16(12-22)15-7-2-3-8-17(15)20-18/h2-3,7-8,14,20H,4-6,9-13H2,1H3/p+1/t14-/m1/s1. The van der Waals surface area contributed by atoms with Gasteiger partial charge in [0.25, 0.3) is 5.91 Å². The Morgan fingerprint density at radius 3 is 3.09 bits per heavy atom. The maximum Gasteiger partial charge on any atom is 0.278 e. The Labute approximate surface area is 137 Å². The summed E-state index contributed by atoms with van der Waals surface area (Å²) in [4.78, 5) is 19.8. The number of hydrogen-bond acceptors (Lipinski definition) is 1. The molecule has 4 nitrogen and oxygen atoms in total. The van der Waals surface area contributed by atoms with Crippen LogP contribution in [0.1, 0.15) is 37.4 Å². The number of amides is 1. The van der Waals surface area contributed by atoms with E-state index in [-0.39, 0.29) is 0 Å². The Hall–Kier alpha value is -1.81. The third-order valence-electron chi connectivity index (χ3n) is 5.70. The number of likely N-dealkylation sites (tertiary alicyclic amines) is 1. The number of carbonyl (C=O) groups excluding carboxylic acids is 1. The zero-order chi connectivity index (χ0) is 15.8. The molecule has 0 saturated carbocycles. The van der Waals surface area contributed by atoms with E-state index in [9.17, 15) is 4.79 Å². The molecule has 2 aliphatic heterocycles. The van der Waals surface area contributed by atoms with E-state index < -0.39 is 0 Å². The molecule has 2 aliphatic rings. The van der Waals surface area contributed by atoms with E-state index in [0.717, 1.165) is 26.1 Å². The van der Waals surface area contributed by atoms with Crippen molar-refractivity contribution in [2.24, 2.45) is 0 Å². The normalized spacial score (nSPS) is 24.7. The first-order valence-electron chi connectivity index (χ1n) is 8.93. The molecule has 2 N–H and O–H groups in total. The first-order chi connectivity index (χ1) is 11.2. The van der Waals surface area contributed by atoms with Crippen LogP contribution in [0.5, 0.6) is 0 Å². The van der Waals surface area contributed by atoms with Crippen LogP contribution in [0.3, 0.4) is 0 Å². The third kappa shape index (κ3) is 2.76. The number of hydrogen-bond donors (Lipinski definition) is 2. The number of nitrogens with zero attached hydrogens (tertiary/aromatic N) is 1. The highest BCUT2D eigenvalue weighted by Gasteiger charge is 2.29. The SMILES string of the molecule is C[C@@H]1CCCC[NH+]1CC(=O)N1CCc2[nH]c3ccccc3c2C1. The molecule has 3 heterocycles. The molecule has 2 aromatic rings. The van der Waals surface area contributed by atoms with Crippen molar-refractivity contribution in [3.05, 3.63) is 35.5 Å². The minimum absolute atomic E-state index is 0.324. The first kappa shape index (κ1) is 14.8. The van der Waals surface area contributed by atoms with Crippen LogP contribution in [-0.2, 0) is 17.8 Å². The van der Waals surface area contributed by atoms with Crippen LogP contribution in [0.15, 0.2) is 24.3 Å². The van der Waals surface area contributed by atoms with Gasteiger partial charge in [-0.1, -0.05) is 18.2 Å².